The molecule has 0 aliphatic rings. The Labute approximate surface area is 173 Å². The molecule has 6 nitrogen and oxygen atoms in total. The molecule has 146 valence electrons. The lowest BCUT2D eigenvalue weighted by molar-refractivity contribution is -0.119. The molecular weight excluding hydrogens is 382 g/mol. The van der Waals surface area contributed by atoms with E-state index in [1.165, 1.54) is 23.7 Å². The summed E-state index contributed by atoms with van der Waals surface area (Å²) >= 11 is 1.40. The molecule has 0 aliphatic heterocycles. The van der Waals surface area contributed by atoms with E-state index in [4.69, 9.17) is 0 Å². The molecule has 2 heterocycles. The number of thioether (sulfide) groups is 1. The molecule has 0 fully saturated rings. The minimum atomic E-state index is -0.0875. The number of carbonyl (C=O) groups excluding carboxylic acids is 1. The van der Waals surface area contributed by atoms with E-state index in [9.17, 15) is 4.79 Å². The maximum Gasteiger partial charge on any atom is 0.230 e. The Bertz CT molecular complexity index is 1100. The van der Waals surface area contributed by atoms with Crippen LogP contribution in [0.4, 0.5) is 0 Å². The van der Waals surface area contributed by atoms with E-state index >= 15 is 0 Å². The summed E-state index contributed by atoms with van der Waals surface area (Å²) in [5.41, 5.74) is 3.03. The Hall–Kier alpha value is -3.19. The largest absolute Gasteiger partial charge is 0.348 e. The van der Waals surface area contributed by atoms with Crippen molar-refractivity contribution in [2.24, 2.45) is 7.05 Å². The predicted molar refractivity (Wildman–Crippen MR) is 114 cm³/mol. The maximum absolute atomic E-state index is 12.7. The third-order valence-corrected chi connectivity index (χ3v) is 5.66. The van der Waals surface area contributed by atoms with Crippen LogP contribution < -0.4 is 5.32 Å². The van der Waals surface area contributed by atoms with Crippen molar-refractivity contribution in [2.45, 2.75) is 17.5 Å². The molecule has 1 unspecified atom stereocenters. The van der Waals surface area contributed by atoms with Crippen molar-refractivity contribution in [3.8, 4) is 0 Å². The number of hydrogen-bond acceptors (Lipinski definition) is 5. The van der Waals surface area contributed by atoms with E-state index in [1.807, 2.05) is 55.6 Å². The SMILES string of the molecule is Cn1ncc2c(SCC(=O)NC(Cc3ccccc3)c3ccccc3)ncnc21. The standard InChI is InChI=1S/C22H21N5OS/c1-27-21-18(13-25-27)22(24-15-23-21)29-14-20(28)26-19(17-10-6-3-7-11-17)12-16-8-4-2-5-9-16/h2-11,13,15,19H,12,14H2,1H3,(H,26,28). The minimum Gasteiger partial charge on any atom is -0.348 e. The normalized spacial score (nSPS) is 12.0. The first-order valence-electron chi connectivity index (χ1n) is 9.34. The molecule has 2 aromatic heterocycles. The highest BCUT2D eigenvalue weighted by molar-refractivity contribution is 8.00. The fraction of sp³-hybridized carbons (Fsp3) is 0.182. The van der Waals surface area contributed by atoms with Gasteiger partial charge < -0.3 is 5.32 Å². The van der Waals surface area contributed by atoms with Gasteiger partial charge in [0.25, 0.3) is 0 Å². The molecule has 0 saturated carbocycles. The number of amides is 1. The van der Waals surface area contributed by atoms with Gasteiger partial charge in [-0.1, -0.05) is 72.4 Å². The van der Waals surface area contributed by atoms with Crippen molar-refractivity contribution in [3.63, 3.8) is 0 Å². The van der Waals surface area contributed by atoms with E-state index in [1.54, 1.807) is 10.9 Å². The topological polar surface area (TPSA) is 72.7 Å². The van der Waals surface area contributed by atoms with Crippen molar-refractivity contribution in [3.05, 3.63) is 84.3 Å². The van der Waals surface area contributed by atoms with Gasteiger partial charge in [-0.15, -0.1) is 0 Å². The number of hydrogen-bond donors (Lipinski definition) is 1. The van der Waals surface area contributed by atoms with Gasteiger partial charge >= 0.3 is 0 Å². The highest BCUT2D eigenvalue weighted by atomic mass is 32.2. The third kappa shape index (κ3) is 4.63. The van der Waals surface area contributed by atoms with Crippen LogP contribution in [0.25, 0.3) is 11.0 Å². The van der Waals surface area contributed by atoms with Gasteiger partial charge in [0.2, 0.25) is 5.91 Å². The molecule has 29 heavy (non-hydrogen) atoms. The molecule has 0 saturated heterocycles. The van der Waals surface area contributed by atoms with Crippen LogP contribution in [-0.2, 0) is 18.3 Å². The van der Waals surface area contributed by atoms with E-state index in [2.05, 4.69) is 32.5 Å². The molecule has 7 heteroatoms. The third-order valence-electron chi connectivity index (χ3n) is 4.65. The Morgan fingerprint density at radius 3 is 2.55 bits per heavy atom. The average Bonchev–Trinajstić information content (AvgIpc) is 3.15. The first kappa shape index (κ1) is 19.1. The number of rotatable bonds is 7. The molecule has 2 aromatic carbocycles. The summed E-state index contributed by atoms with van der Waals surface area (Å²) in [5.74, 6) is 0.245. The average molecular weight is 404 g/mol. The second-order valence-corrected chi connectivity index (χ2v) is 7.66. The number of nitrogens with zero attached hydrogens (tertiary/aromatic N) is 4. The van der Waals surface area contributed by atoms with Gasteiger partial charge in [0.05, 0.1) is 23.4 Å². The van der Waals surface area contributed by atoms with Crippen molar-refractivity contribution in [1.82, 2.24) is 25.1 Å². The van der Waals surface area contributed by atoms with Gasteiger partial charge in [0, 0.05) is 7.05 Å². The van der Waals surface area contributed by atoms with Crippen LogP contribution in [0.15, 0.2) is 78.2 Å². The molecular formula is C22H21N5OS. The molecule has 1 N–H and O–H groups in total. The summed E-state index contributed by atoms with van der Waals surface area (Å²) in [6, 6.07) is 20.2. The van der Waals surface area contributed by atoms with Gasteiger partial charge in [0.1, 0.15) is 11.4 Å². The highest BCUT2D eigenvalue weighted by Gasteiger charge is 2.16. The molecule has 4 rings (SSSR count). The van der Waals surface area contributed by atoms with Crippen molar-refractivity contribution >= 4 is 28.7 Å². The second-order valence-electron chi connectivity index (χ2n) is 6.69. The Balaban J connectivity index is 1.46. The summed E-state index contributed by atoms with van der Waals surface area (Å²) in [6.07, 6.45) is 3.98. The Morgan fingerprint density at radius 1 is 1.07 bits per heavy atom. The lowest BCUT2D eigenvalue weighted by Crippen LogP contribution is -2.31. The number of carbonyl (C=O) groups is 1. The summed E-state index contributed by atoms with van der Waals surface area (Å²) in [6.45, 7) is 0. The molecule has 4 aromatic rings. The Morgan fingerprint density at radius 2 is 1.79 bits per heavy atom. The minimum absolute atomic E-state index is 0.0320. The first-order valence-corrected chi connectivity index (χ1v) is 10.3. The quantitative estimate of drug-likeness (QED) is 0.377. The number of aryl methyl sites for hydroxylation is 1. The van der Waals surface area contributed by atoms with E-state index in [0.717, 1.165) is 28.0 Å². The van der Waals surface area contributed by atoms with Crippen LogP contribution >= 0.6 is 11.8 Å². The Kier molecular flexibility index (Phi) is 5.86. The molecule has 0 radical (unpaired) electrons. The van der Waals surface area contributed by atoms with Crippen LogP contribution in [0.1, 0.15) is 17.2 Å². The van der Waals surface area contributed by atoms with Crippen molar-refractivity contribution in [2.75, 3.05) is 5.75 Å². The summed E-state index contributed by atoms with van der Waals surface area (Å²) in [7, 11) is 1.84. The molecule has 0 bridgehead atoms. The zero-order valence-corrected chi connectivity index (χ0v) is 16.8. The number of aromatic nitrogens is 4. The van der Waals surface area contributed by atoms with Gasteiger partial charge in [-0.25, -0.2) is 9.97 Å². The number of fused-ring (bicyclic) bond motifs is 1. The smallest absolute Gasteiger partial charge is 0.230 e. The van der Waals surface area contributed by atoms with E-state index < -0.39 is 0 Å². The van der Waals surface area contributed by atoms with Gasteiger partial charge in [-0.2, -0.15) is 5.10 Å². The number of nitrogens with one attached hydrogen (secondary N) is 1. The molecule has 1 atom stereocenters. The zero-order valence-electron chi connectivity index (χ0n) is 16.0. The first-order chi connectivity index (χ1) is 14.2. The lowest BCUT2D eigenvalue weighted by Gasteiger charge is -2.19. The van der Waals surface area contributed by atoms with Crippen LogP contribution in [0.5, 0.6) is 0 Å². The highest BCUT2D eigenvalue weighted by Crippen LogP contribution is 2.24. The summed E-state index contributed by atoms with van der Waals surface area (Å²) < 4.78 is 1.70. The number of benzene rings is 2. The van der Waals surface area contributed by atoms with Crippen LogP contribution in [0, 0.1) is 0 Å². The maximum atomic E-state index is 12.7. The summed E-state index contributed by atoms with van der Waals surface area (Å²) in [5, 5.41) is 9.02. The van der Waals surface area contributed by atoms with Gasteiger partial charge in [-0.05, 0) is 17.5 Å². The molecule has 0 aliphatic carbocycles. The van der Waals surface area contributed by atoms with Gasteiger partial charge in [-0.3, -0.25) is 9.48 Å². The van der Waals surface area contributed by atoms with E-state index in [-0.39, 0.29) is 17.7 Å². The van der Waals surface area contributed by atoms with Crippen molar-refractivity contribution < 1.29 is 4.79 Å². The van der Waals surface area contributed by atoms with Crippen LogP contribution in [0.2, 0.25) is 0 Å². The van der Waals surface area contributed by atoms with Crippen molar-refractivity contribution in [1.29, 1.82) is 0 Å². The fourth-order valence-electron chi connectivity index (χ4n) is 3.21. The predicted octanol–water partition coefficient (Wildman–Crippen LogP) is 3.56. The summed E-state index contributed by atoms with van der Waals surface area (Å²) in [4.78, 5) is 21.3. The fourth-order valence-corrected chi connectivity index (χ4v) is 3.99. The lowest BCUT2D eigenvalue weighted by atomic mass is 9.99. The van der Waals surface area contributed by atoms with E-state index in [0.29, 0.717) is 0 Å². The van der Waals surface area contributed by atoms with Crippen LogP contribution in [-0.4, -0.2) is 31.4 Å². The van der Waals surface area contributed by atoms with Crippen LogP contribution in [0.3, 0.4) is 0 Å². The monoisotopic (exact) mass is 403 g/mol. The van der Waals surface area contributed by atoms with Gasteiger partial charge in [0.15, 0.2) is 5.65 Å². The molecule has 0 spiro atoms. The molecule has 1 amide bonds. The second kappa shape index (κ2) is 8.87. The zero-order chi connectivity index (χ0) is 20.1.